The van der Waals surface area contributed by atoms with E-state index < -0.39 is 5.60 Å². The van der Waals surface area contributed by atoms with Crippen LogP contribution >= 0.6 is 0 Å². The average Bonchev–Trinajstić information content (AvgIpc) is 2.99. The summed E-state index contributed by atoms with van der Waals surface area (Å²) in [6.45, 7) is 9.37. The van der Waals surface area contributed by atoms with Crippen molar-refractivity contribution in [2.45, 2.75) is 123 Å². The van der Waals surface area contributed by atoms with E-state index in [0.29, 0.717) is 10.8 Å². The molecule has 166 valence electrons. The van der Waals surface area contributed by atoms with Crippen molar-refractivity contribution in [1.82, 2.24) is 0 Å². The first-order valence-corrected chi connectivity index (χ1v) is 12.8. The second-order valence-corrected chi connectivity index (χ2v) is 12.1. The molecular weight excluding hydrogens is 356 g/mol. The van der Waals surface area contributed by atoms with E-state index in [1.165, 1.54) is 51.4 Å². The summed E-state index contributed by atoms with van der Waals surface area (Å²) in [5.74, 6) is 3.46. The van der Waals surface area contributed by atoms with Crippen molar-refractivity contribution in [3.63, 3.8) is 0 Å². The zero-order valence-corrected chi connectivity index (χ0v) is 19.6. The second kappa shape index (κ2) is 7.97. The van der Waals surface area contributed by atoms with Crippen molar-refractivity contribution in [3.05, 3.63) is 11.6 Å². The minimum atomic E-state index is -0.462. The summed E-state index contributed by atoms with van der Waals surface area (Å²) in [7, 11) is 0. The zero-order chi connectivity index (χ0) is 20.9. The Morgan fingerprint density at radius 2 is 1.86 bits per heavy atom. The first-order valence-electron chi connectivity index (χ1n) is 12.8. The number of hydrogen-bond donors (Lipinski definition) is 2. The van der Waals surface area contributed by atoms with E-state index in [4.69, 9.17) is 0 Å². The smallest absolute Gasteiger partial charge is 0.0619 e. The minimum absolute atomic E-state index is 0.0967. The van der Waals surface area contributed by atoms with Crippen LogP contribution in [-0.2, 0) is 0 Å². The molecule has 2 heteroatoms. The maximum absolute atomic E-state index is 10.6. The van der Waals surface area contributed by atoms with Gasteiger partial charge in [0, 0.05) is 0 Å². The van der Waals surface area contributed by atoms with E-state index in [1.807, 2.05) is 6.92 Å². The maximum Gasteiger partial charge on any atom is 0.0619 e. The highest BCUT2D eigenvalue weighted by molar-refractivity contribution is 5.25. The Morgan fingerprint density at radius 1 is 1.07 bits per heavy atom. The number of fused-ring (bicyclic) bond motifs is 5. The Morgan fingerprint density at radius 3 is 2.62 bits per heavy atom. The van der Waals surface area contributed by atoms with Gasteiger partial charge >= 0.3 is 0 Å². The molecule has 0 spiro atoms. The number of rotatable bonds is 6. The molecule has 0 heterocycles. The van der Waals surface area contributed by atoms with Gasteiger partial charge in [-0.1, -0.05) is 45.3 Å². The Hall–Kier alpha value is -0.340. The van der Waals surface area contributed by atoms with E-state index >= 15 is 0 Å². The Balaban J connectivity index is 1.43. The van der Waals surface area contributed by atoms with Gasteiger partial charge in [0.25, 0.3) is 0 Å². The van der Waals surface area contributed by atoms with Crippen LogP contribution in [0.2, 0.25) is 0 Å². The van der Waals surface area contributed by atoms with E-state index in [9.17, 15) is 10.2 Å². The highest BCUT2D eigenvalue weighted by Gasteiger charge is 2.58. The third kappa shape index (κ3) is 3.86. The molecule has 0 aromatic heterocycles. The van der Waals surface area contributed by atoms with Gasteiger partial charge in [-0.25, -0.2) is 0 Å². The lowest BCUT2D eigenvalue weighted by molar-refractivity contribution is -0.0517. The molecular formula is C27H46O2. The zero-order valence-electron chi connectivity index (χ0n) is 19.6. The van der Waals surface area contributed by atoms with Crippen LogP contribution in [0.1, 0.15) is 111 Å². The fourth-order valence-corrected chi connectivity index (χ4v) is 8.62. The van der Waals surface area contributed by atoms with Crippen molar-refractivity contribution < 1.29 is 10.2 Å². The van der Waals surface area contributed by atoms with E-state index in [-0.39, 0.29) is 6.10 Å². The number of hydrogen-bond acceptors (Lipinski definition) is 2. The summed E-state index contributed by atoms with van der Waals surface area (Å²) in [6.07, 6.45) is 18.0. The minimum Gasteiger partial charge on any atom is -0.393 e. The Kier molecular flexibility index (Phi) is 6.01. The number of aliphatic hydroxyl groups excluding tert-OH is 1. The normalized spacial score (nSPS) is 46.3. The van der Waals surface area contributed by atoms with Crippen LogP contribution in [0.25, 0.3) is 0 Å². The predicted octanol–water partition coefficient (Wildman–Crippen LogP) is 6.65. The van der Waals surface area contributed by atoms with Gasteiger partial charge in [-0.15, -0.1) is 0 Å². The molecule has 0 radical (unpaired) electrons. The highest BCUT2D eigenvalue weighted by atomic mass is 16.3. The molecule has 6 unspecified atom stereocenters. The lowest BCUT2D eigenvalue weighted by Gasteiger charge is -2.58. The van der Waals surface area contributed by atoms with Crippen LogP contribution in [0.3, 0.4) is 0 Å². The van der Waals surface area contributed by atoms with Crippen LogP contribution in [-0.4, -0.2) is 21.9 Å². The van der Waals surface area contributed by atoms with Crippen LogP contribution in [0, 0.1) is 34.5 Å². The average molecular weight is 403 g/mol. The molecule has 0 saturated heterocycles. The fraction of sp³-hybridized carbons (Fsp3) is 0.926. The molecule has 0 amide bonds. The third-order valence-corrected chi connectivity index (χ3v) is 10.3. The summed E-state index contributed by atoms with van der Waals surface area (Å²) in [5.41, 5.74) is 2.01. The molecule has 0 bridgehead atoms. The van der Waals surface area contributed by atoms with Gasteiger partial charge in [0.15, 0.2) is 0 Å². The largest absolute Gasteiger partial charge is 0.393 e. The van der Waals surface area contributed by atoms with Crippen molar-refractivity contribution in [1.29, 1.82) is 0 Å². The van der Waals surface area contributed by atoms with Crippen molar-refractivity contribution >= 4 is 0 Å². The summed E-state index contributed by atoms with van der Waals surface area (Å²) in [4.78, 5) is 0. The summed E-state index contributed by atoms with van der Waals surface area (Å²) < 4.78 is 0. The van der Waals surface area contributed by atoms with Crippen molar-refractivity contribution in [2.24, 2.45) is 34.5 Å². The van der Waals surface area contributed by atoms with Crippen LogP contribution in [0.15, 0.2) is 11.6 Å². The first kappa shape index (κ1) is 21.9. The van der Waals surface area contributed by atoms with E-state index in [2.05, 4.69) is 26.8 Å². The molecule has 2 N–H and O–H groups in total. The molecule has 8 atom stereocenters. The summed E-state index contributed by atoms with van der Waals surface area (Å²) >= 11 is 0. The fourth-order valence-electron chi connectivity index (χ4n) is 8.62. The predicted molar refractivity (Wildman–Crippen MR) is 121 cm³/mol. The third-order valence-electron chi connectivity index (χ3n) is 10.3. The molecule has 0 aromatic carbocycles. The quantitative estimate of drug-likeness (QED) is 0.488. The number of allylic oxidation sites excluding steroid dienone is 1. The molecule has 3 fully saturated rings. The Labute approximate surface area is 179 Å². The Bertz CT molecular complexity index is 622. The van der Waals surface area contributed by atoms with Crippen LogP contribution in [0.5, 0.6) is 0 Å². The summed E-state index contributed by atoms with van der Waals surface area (Å²) in [6, 6.07) is 0. The molecule has 29 heavy (non-hydrogen) atoms. The van der Waals surface area contributed by atoms with Gasteiger partial charge in [0.05, 0.1) is 11.7 Å². The number of aliphatic hydroxyl groups is 2. The molecule has 4 aliphatic carbocycles. The van der Waals surface area contributed by atoms with Gasteiger partial charge in [-0.05, 0) is 112 Å². The van der Waals surface area contributed by atoms with Crippen LogP contribution in [0.4, 0.5) is 0 Å². The first-order chi connectivity index (χ1) is 13.7. The molecule has 3 saturated carbocycles. The van der Waals surface area contributed by atoms with Gasteiger partial charge < -0.3 is 10.2 Å². The van der Waals surface area contributed by atoms with Crippen molar-refractivity contribution in [3.8, 4) is 0 Å². The second-order valence-electron chi connectivity index (χ2n) is 12.1. The van der Waals surface area contributed by atoms with Gasteiger partial charge in [-0.2, -0.15) is 0 Å². The summed E-state index contributed by atoms with van der Waals surface area (Å²) in [5, 5.41) is 20.8. The molecule has 0 aliphatic heterocycles. The maximum atomic E-state index is 10.6. The SMILES string of the molecule is CCCC(C)(O)CCCC1CC[C@H]2[C@@H]3CC=C4CC(O)CCC4(C)C3CCC12C. The lowest BCUT2D eigenvalue weighted by atomic mass is 9.47. The molecule has 0 aromatic rings. The van der Waals surface area contributed by atoms with Crippen LogP contribution < -0.4 is 0 Å². The topological polar surface area (TPSA) is 40.5 Å². The molecule has 2 nitrogen and oxygen atoms in total. The van der Waals surface area contributed by atoms with Gasteiger partial charge in [0.1, 0.15) is 0 Å². The highest BCUT2D eigenvalue weighted by Crippen LogP contribution is 2.66. The lowest BCUT2D eigenvalue weighted by Crippen LogP contribution is -2.50. The van der Waals surface area contributed by atoms with Gasteiger partial charge in [-0.3, -0.25) is 0 Å². The monoisotopic (exact) mass is 402 g/mol. The molecule has 4 rings (SSSR count). The van der Waals surface area contributed by atoms with Gasteiger partial charge in [0.2, 0.25) is 0 Å². The standard InChI is InChI=1S/C27H46O2/c1-5-14-25(2,29)15-6-7-19-9-11-23-22-10-8-20-18-21(28)12-16-27(20,4)24(22)13-17-26(19,23)3/h8,19,21-24,28-29H,5-7,9-18H2,1-4H3/t19?,21?,22-,23-,24?,25?,26?,27?/m0/s1. The van der Waals surface area contributed by atoms with Crippen molar-refractivity contribution in [2.75, 3.05) is 0 Å². The van der Waals surface area contributed by atoms with E-state index in [0.717, 1.165) is 55.8 Å². The van der Waals surface area contributed by atoms with E-state index in [1.54, 1.807) is 5.57 Å². The molecule has 4 aliphatic rings.